The first-order valence-corrected chi connectivity index (χ1v) is 7.19. The van der Waals surface area contributed by atoms with Gasteiger partial charge in [0.15, 0.2) is 11.5 Å². The maximum Gasteiger partial charge on any atom is 0.433 e. The first-order chi connectivity index (χ1) is 12.5. The molecule has 1 atom stereocenters. The molecule has 2 aromatic rings. The van der Waals surface area contributed by atoms with Gasteiger partial charge in [0, 0.05) is 6.42 Å². The highest BCUT2D eigenvalue weighted by Gasteiger charge is 2.53. The smallest absolute Gasteiger partial charge is 0.433 e. The predicted octanol–water partition coefficient (Wildman–Crippen LogP) is 3.54. The molecule has 1 aliphatic heterocycles. The van der Waals surface area contributed by atoms with Crippen LogP contribution in [0, 0.1) is 0 Å². The van der Waals surface area contributed by atoms with Crippen LogP contribution in [-0.2, 0) is 6.18 Å². The van der Waals surface area contributed by atoms with E-state index in [1.165, 1.54) is 12.1 Å². The predicted molar refractivity (Wildman–Crippen MR) is 76.2 cm³/mol. The highest BCUT2D eigenvalue weighted by Crippen LogP contribution is 2.38. The number of furan rings is 1. The Morgan fingerprint density at radius 1 is 1.19 bits per heavy atom. The van der Waals surface area contributed by atoms with Crippen LogP contribution in [0.15, 0.2) is 34.0 Å². The van der Waals surface area contributed by atoms with Crippen LogP contribution in [-0.4, -0.2) is 39.4 Å². The van der Waals surface area contributed by atoms with Crippen LogP contribution in [0.1, 0.15) is 12.1 Å². The maximum atomic E-state index is 13.3. The summed E-state index contributed by atoms with van der Waals surface area (Å²) < 4.78 is 96.6. The normalized spacial score (nSPS) is 20.7. The summed E-state index contributed by atoms with van der Waals surface area (Å²) in [7, 11) is 0. The molecule has 1 aliphatic rings. The van der Waals surface area contributed by atoms with Gasteiger partial charge < -0.3 is 9.52 Å². The molecule has 0 fully saturated rings. The molecule has 2 aromatic heterocycles. The zero-order chi connectivity index (χ0) is 20.0. The molecule has 0 spiro atoms. The molecule has 1 N–H and O–H groups in total. The summed E-state index contributed by atoms with van der Waals surface area (Å²) in [6, 6.07) is 3.06. The Balaban J connectivity index is 2.18. The lowest BCUT2D eigenvalue weighted by atomic mass is 10.1. The summed E-state index contributed by atoms with van der Waals surface area (Å²) >= 11 is 0. The van der Waals surface area contributed by atoms with Gasteiger partial charge in [-0.05, 0) is 18.2 Å². The number of hydrogen-bond acceptors (Lipinski definition) is 6. The van der Waals surface area contributed by atoms with E-state index in [1.54, 1.807) is 0 Å². The molecule has 0 radical (unpaired) electrons. The van der Waals surface area contributed by atoms with Crippen LogP contribution in [0.5, 0.6) is 0 Å². The Morgan fingerprint density at radius 3 is 2.41 bits per heavy atom. The number of aromatic nitrogens is 2. The molecule has 0 aromatic carbocycles. The van der Waals surface area contributed by atoms with Gasteiger partial charge in [-0.2, -0.15) is 23.3 Å². The second kappa shape index (κ2) is 6.48. The van der Waals surface area contributed by atoms with Gasteiger partial charge in [-0.1, -0.05) is 0 Å². The first kappa shape index (κ1) is 19.1. The fraction of sp³-hybridized carbons (Fsp3) is 0.357. The lowest BCUT2D eigenvalue weighted by molar-refractivity contribution is -0.141. The molecule has 0 aliphatic carbocycles. The standard InChI is InChI=1S/C14H9F7N4O2/c15-10(16)7-5-13(26,11(17)18)25(24-7)12-22-6(8-2-1-3-27-8)4-9(23-12)14(19,20)21/h1-4,10-11,26H,5H2. The van der Waals surface area contributed by atoms with Crippen LogP contribution in [0.4, 0.5) is 36.7 Å². The molecule has 3 heterocycles. The minimum atomic E-state index is -5.02. The third-order valence-electron chi connectivity index (χ3n) is 3.61. The van der Waals surface area contributed by atoms with Gasteiger partial charge in [0.2, 0.25) is 11.7 Å². The number of nitrogens with zero attached hydrogens (tertiary/aromatic N) is 4. The van der Waals surface area contributed by atoms with Crippen LogP contribution in [0.25, 0.3) is 11.5 Å². The van der Waals surface area contributed by atoms with Crippen molar-refractivity contribution in [2.24, 2.45) is 5.10 Å². The number of rotatable bonds is 4. The monoisotopic (exact) mass is 398 g/mol. The Hall–Kier alpha value is -2.70. The van der Waals surface area contributed by atoms with Crippen molar-refractivity contribution in [3.63, 3.8) is 0 Å². The van der Waals surface area contributed by atoms with E-state index in [2.05, 4.69) is 15.1 Å². The molecule has 27 heavy (non-hydrogen) atoms. The fourth-order valence-corrected chi connectivity index (χ4v) is 2.33. The minimum absolute atomic E-state index is 0.124. The second-order valence-corrected chi connectivity index (χ2v) is 5.47. The Labute approximate surface area is 145 Å². The molecule has 6 nitrogen and oxygen atoms in total. The number of anilines is 1. The molecule has 0 saturated heterocycles. The lowest BCUT2D eigenvalue weighted by Gasteiger charge is -2.30. The van der Waals surface area contributed by atoms with Crippen molar-refractivity contribution < 1.29 is 40.3 Å². The third kappa shape index (κ3) is 3.46. The van der Waals surface area contributed by atoms with E-state index in [1.807, 2.05) is 0 Å². The number of hydrogen-bond donors (Lipinski definition) is 1. The van der Waals surface area contributed by atoms with E-state index >= 15 is 0 Å². The van der Waals surface area contributed by atoms with E-state index in [0.717, 1.165) is 6.26 Å². The SMILES string of the molecule is OC1(C(F)F)CC(C(F)F)=NN1c1nc(-c2ccco2)cc(C(F)(F)F)n1. The van der Waals surface area contributed by atoms with E-state index in [-0.39, 0.29) is 10.8 Å². The Bertz CT molecular complexity index is 854. The lowest BCUT2D eigenvalue weighted by Crippen LogP contribution is -2.50. The van der Waals surface area contributed by atoms with Crippen LogP contribution < -0.4 is 5.01 Å². The first-order valence-electron chi connectivity index (χ1n) is 7.19. The molecule has 3 rings (SSSR count). The van der Waals surface area contributed by atoms with E-state index in [0.29, 0.717) is 6.07 Å². The average molecular weight is 398 g/mol. The van der Waals surface area contributed by atoms with Crippen molar-refractivity contribution in [2.45, 2.75) is 31.2 Å². The number of alkyl halides is 7. The van der Waals surface area contributed by atoms with E-state index in [4.69, 9.17) is 4.42 Å². The van der Waals surface area contributed by atoms with Gasteiger partial charge in [-0.3, -0.25) is 0 Å². The Kier molecular flexibility index (Phi) is 4.57. The largest absolute Gasteiger partial charge is 0.463 e. The van der Waals surface area contributed by atoms with Crippen molar-refractivity contribution in [1.29, 1.82) is 0 Å². The summed E-state index contributed by atoms with van der Waals surface area (Å²) in [5.74, 6) is -1.29. The quantitative estimate of drug-likeness (QED) is 0.798. The molecule has 0 bridgehead atoms. The summed E-state index contributed by atoms with van der Waals surface area (Å²) in [6.45, 7) is 0. The third-order valence-corrected chi connectivity index (χ3v) is 3.61. The van der Waals surface area contributed by atoms with Crippen molar-refractivity contribution in [3.05, 3.63) is 30.2 Å². The molecular weight excluding hydrogens is 389 g/mol. The van der Waals surface area contributed by atoms with Crippen LogP contribution in [0.2, 0.25) is 0 Å². The van der Waals surface area contributed by atoms with Crippen molar-refractivity contribution in [3.8, 4) is 11.5 Å². The van der Waals surface area contributed by atoms with Crippen molar-refractivity contribution >= 4 is 11.7 Å². The second-order valence-electron chi connectivity index (χ2n) is 5.47. The summed E-state index contributed by atoms with van der Waals surface area (Å²) in [5.41, 5.74) is -6.49. The fourth-order valence-electron chi connectivity index (χ4n) is 2.33. The molecule has 146 valence electrons. The van der Waals surface area contributed by atoms with Gasteiger partial charge in [0.1, 0.15) is 11.4 Å². The van der Waals surface area contributed by atoms with Crippen LogP contribution >= 0.6 is 0 Å². The topological polar surface area (TPSA) is 74.8 Å². The zero-order valence-corrected chi connectivity index (χ0v) is 13.0. The zero-order valence-electron chi connectivity index (χ0n) is 13.0. The maximum absolute atomic E-state index is 13.3. The van der Waals surface area contributed by atoms with E-state index in [9.17, 15) is 35.8 Å². The molecule has 13 heteroatoms. The van der Waals surface area contributed by atoms with Gasteiger partial charge in [0.05, 0.1) is 6.26 Å². The highest BCUT2D eigenvalue weighted by molar-refractivity contribution is 5.91. The van der Waals surface area contributed by atoms with Gasteiger partial charge in [0.25, 0.3) is 12.9 Å². The number of aliphatic hydroxyl groups is 1. The van der Waals surface area contributed by atoms with Crippen molar-refractivity contribution in [1.82, 2.24) is 9.97 Å². The van der Waals surface area contributed by atoms with Crippen LogP contribution in [0.3, 0.4) is 0 Å². The summed E-state index contributed by atoms with van der Waals surface area (Å²) in [5, 5.41) is 13.1. The van der Waals surface area contributed by atoms with Gasteiger partial charge in [-0.15, -0.1) is 0 Å². The van der Waals surface area contributed by atoms with Crippen molar-refractivity contribution in [2.75, 3.05) is 5.01 Å². The molecular formula is C14H9F7N4O2. The summed E-state index contributed by atoms with van der Waals surface area (Å²) in [6.07, 6.45) is -12.1. The number of halogens is 7. The molecule has 0 amide bonds. The average Bonchev–Trinajstić information content (AvgIpc) is 3.22. The molecule has 0 saturated carbocycles. The molecule has 1 unspecified atom stereocenters. The van der Waals surface area contributed by atoms with E-state index < -0.39 is 54.2 Å². The highest BCUT2D eigenvalue weighted by atomic mass is 19.4. The van der Waals surface area contributed by atoms with Gasteiger partial charge >= 0.3 is 6.18 Å². The van der Waals surface area contributed by atoms with Gasteiger partial charge in [-0.25, -0.2) is 27.5 Å². The number of hydrazone groups is 1. The summed E-state index contributed by atoms with van der Waals surface area (Å²) in [4.78, 5) is 6.69. The Morgan fingerprint density at radius 2 is 1.89 bits per heavy atom. The minimum Gasteiger partial charge on any atom is -0.463 e.